The molecule has 8 nitrogen and oxygen atoms in total. The number of benzene rings is 2. The Morgan fingerprint density at radius 3 is 2.25 bits per heavy atom. The Kier molecular flexibility index (Phi) is 5.85. The number of nitrogens with zero attached hydrogens (tertiary/aromatic N) is 3. The van der Waals surface area contributed by atoms with Gasteiger partial charge in [0.2, 0.25) is 0 Å². The first kappa shape index (κ1) is 20.1. The number of likely N-dealkylation sites (N-methyl/N-ethyl adjacent to an activating group) is 1. The minimum Gasteiger partial charge on any atom is -0.369 e. The van der Waals surface area contributed by atoms with Crippen LogP contribution in [0.25, 0.3) is 0 Å². The van der Waals surface area contributed by atoms with Crippen molar-refractivity contribution in [2.45, 2.75) is 11.8 Å². The average Bonchev–Trinajstić information content (AvgIpc) is 2.68. The zero-order valence-corrected chi connectivity index (χ0v) is 16.8. The Labute approximate surface area is 164 Å². The molecular weight excluding hydrogens is 380 g/mol. The Hall–Kier alpha value is -2.65. The summed E-state index contributed by atoms with van der Waals surface area (Å²) >= 11 is 0. The molecule has 1 aliphatic rings. The number of hydrogen-bond acceptors (Lipinski definition) is 7. The van der Waals surface area contributed by atoms with Crippen LogP contribution in [0.1, 0.15) is 6.92 Å². The lowest BCUT2D eigenvalue weighted by Crippen LogP contribution is -2.46. The fourth-order valence-electron chi connectivity index (χ4n) is 3.23. The number of anilines is 3. The highest BCUT2D eigenvalue weighted by Crippen LogP contribution is 2.31. The summed E-state index contributed by atoms with van der Waals surface area (Å²) in [4.78, 5) is 15.4. The van der Waals surface area contributed by atoms with Crippen molar-refractivity contribution in [3.63, 3.8) is 0 Å². The van der Waals surface area contributed by atoms with E-state index in [1.807, 2.05) is 24.3 Å². The van der Waals surface area contributed by atoms with Crippen LogP contribution in [0.3, 0.4) is 0 Å². The maximum atomic E-state index is 11.7. The molecule has 0 amide bonds. The standard InChI is InChI=1S/C19H24N4O4S/c1-3-21-10-12-22(13-11-21)16-6-4-15(5-7-16)20-18-9-8-17(28(2,26)27)14-19(18)23(24)25/h4-9,14,20H,3,10-13H2,1-2H3. The van der Waals surface area contributed by atoms with E-state index in [1.165, 1.54) is 12.1 Å². The van der Waals surface area contributed by atoms with E-state index in [1.54, 1.807) is 0 Å². The number of piperazine rings is 1. The highest BCUT2D eigenvalue weighted by molar-refractivity contribution is 7.90. The smallest absolute Gasteiger partial charge is 0.293 e. The molecule has 0 aromatic heterocycles. The van der Waals surface area contributed by atoms with Gasteiger partial charge >= 0.3 is 0 Å². The van der Waals surface area contributed by atoms with Crippen molar-refractivity contribution in [2.24, 2.45) is 0 Å². The van der Waals surface area contributed by atoms with E-state index in [2.05, 4.69) is 22.0 Å². The summed E-state index contributed by atoms with van der Waals surface area (Å²) in [7, 11) is -3.51. The molecule has 9 heteroatoms. The predicted octanol–water partition coefficient (Wildman–Crippen LogP) is 2.88. The van der Waals surface area contributed by atoms with Gasteiger partial charge in [0.15, 0.2) is 9.84 Å². The molecule has 0 aliphatic carbocycles. The summed E-state index contributed by atoms with van der Waals surface area (Å²) in [6.45, 7) is 7.24. The lowest BCUT2D eigenvalue weighted by Gasteiger charge is -2.35. The molecule has 0 unspecified atom stereocenters. The monoisotopic (exact) mass is 404 g/mol. The first-order valence-electron chi connectivity index (χ1n) is 9.11. The van der Waals surface area contributed by atoms with Crippen molar-refractivity contribution in [3.8, 4) is 0 Å². The maximum absolute atomic E-state index is 11.7. The van der Waals surface area contributed by atoms with Gasteiger partial charge in [-0.05, 0) is 42.9 Å². The van der Waals surface area contributed by atoms with Crippen molar-refractivity contribution < 1.29 is 13.3 Å². The second-order valence-corrected chi connectivity index (χ2v) is 8.82. The van der Waals surface area contributed by atoms with Crippen molar-refractivity contribution in [1.29, 1.82) is 0 Å². The quantitative estimate of drug-likeness (QED) is 0.584. The number of sulfone groups is 1. The van der Waals surface area contributed by atoms with Crippen LogP contribution in [0, 0.1) is 10.1 Å². The third kappa shape index (κ3) is 4.60. The van der Waals surface area contributed by atoms with Crippen molar-refractivity contribution in [2.75, 3.05) is 49.2 Å². The molecule has 0 atom stereocenters. The van der Waals surface area contributed by atoms with E-state index in [4.69, 9.17) is 0 Å². The molecule has 0 bridgehead atoms. The Morgan fingerprint density at radius 2 is 1.71 bits per heavy atom. The van der Waals surface area contributed by atoms with Crippen LogP contribution in [0.2, 0.25) is 0 Å². The third-order valence-electron chi connectivity index (χ3n) is 4.93. The molecule has 2 aromatic carbocycles. The van der Waals surface area contributed by atoms with Gasteiger partial charge in [0.1, 0.15) is 5.69 Å². The van der Waals surface area contributed by atoms with Gasteiger partial charge < -0.3 is 15.1 Å². The van der Waals surface area contributed by atoms with Crippen LogP contribution < -0.4 is 10.2 Å². The van der Waals surface area contributed by atoms with E-state index in [0.29, 0.717) is 5.69 Å². The predicted molar refractivity (Wildman–Crippen MR) is 110 cm³/mol. The highest BCUT2D eigenvalue weighted by atomic mass is 32.2. The van der Waals surface area contributed by atoms with E-state index >= 15 is 0 Å². The van der Waals surface area contributed by atoms with Crippen molar-refractivity contribution >= 4 is 32.6 Å². The maximum Gasteiger partial charge on any atom is 0.293 e. The molecule has 1 saturated heterocycles. The fourth-order valence-corrected chi connectivity index (χ4v) is 3.87. The van der Waals surface area contributed by atoms with Gasteiger partial charge in [-0.25, -0.2) is 8.42 Å². The van der Waals surface area contributed by atoms with Crippen LogP contribution in [0.15, 0.2) is 47.4 Å². The Balaban J connectivity index is 1.76. The van der Waals surface area contributed by atoms with Crippen LogP contribution >= 0.6 is 0 Å². The van der Waals surface area contributed by atoms with Gasteiger partial charge in [-0.3, -0.25) is 10.1 Å². The SMILES string of the molecule is CCN1CCN(c2ccc(Nc3ccc(S(C)(=O)=O)cc3[N+](=O)[O-])cc2)CC1. The van der Waals surface area contributed by atoms with Gasteiger partial charge in [0, 0.05) is 49.9 Å². The topological polar surface area (TPSA) is 95.8 Å². The second kappa shape index (κ2) is 8.15. The summed E-state index contributed by atoms with van der Waals surface area (Å²) < 4.78 is 23.3. The third-order valence-corrected chi connectivity index (χ3v) is 6.04. The first-order chi connectivity index (χ1) is 13.3. The minimum absolute atomic E-state index is 0.0775. The summed E-state index contributed by atoms with van der Waals surface area (Å²) in [5.74, 6) is 0. The summed E-state index contributed by atoms with van der Waals surface area (Å²) in [5, 5.41) is 14.4. The minimum atomic E-state index is -3.51. The van der Waals surface area contributed by atoms with Crippen LogP contribution in [-0.2, 0) is 9.84 Å². The summed E-state index contributed by atoms with van der Waals surface area (Å²) in [6.07, 6.45) is 1.03. The molecule has 3 rings (SSSR count). The van der Waals surface area contributed by atoms with Gasteiger partial charge in [-0.15, -0.1) is 0 Å². The number of nitro groups is 1. The molecule has 1 fully saturated rings. The van der Waals surface area contributed by atoms with Gasteiger partial charge in [-0.1, -0.05) is 6.92 Å². The van der Waals surface area contributed by atoms with Gasteiger partial charge in [0.05, 0.1) is 9.82 Å². The van der Waals surface area contributed by atoms with Crippen molar-refractivity contribution in [3.05, 3.63) is 52.6 Å². The van der Waals surface area contributed by atoms with Crippen LogP contribution in [0.5, 0.6) is 0 Å². The number of nitrogens with one attached hydrogen (secondary N) is 1. The van der Waals surface area contributed by atoms with E-state index in [9.17, 15) is 18.5 Å². The molecule has 1 aliphatic heterocycles. The largest absolute Gasteiger partial charge is 0.369 e. The molecule has 0 radical (unpaired) electrons. The number of hydrogen-bond donors (Lipinski definition) is 1. The van der Waals surface area contributed by atoms with Gasteiger partial charge in [0.25, 0.3) is 5.69 Å². The zero-order valence-electron chi connectivity index (χ0n) is 16.0. The Bertz CT molecular complexity index is 952. The van der Waals surface area contributed by atoms with E-state index in [-0.39, 0.29) is 16.3 Å². The molecule has 1 N–H and O–H groups in total. The molecule has 0 saturated carbocycles. The van der Waals surface area contributed by atoms with Crippen LogP contribution in [-0.4, -0.2) is 57.2 Å². The second-order valence-electron chi connectivity index (χ2n) is 6.80. The lowest BCUT2D eigenvalue weighted by atomic mass is 10.2. The summed E-state index contributed by atoms with van der Waals surface area (Å²) in [6, 6.07) is 11.6. The average molecular weight is 404 g/mol. The number of rotatable bonds is 6. The lowest BCUT2D eigenvalue weighted by molar-refractivity contribution is -0.384. The van der Waals surface area contributed by atoms with Gasteiger partial charge in [-0.2, -0.15) is 0 Å². The molecule has 1 heterocycles. The fraction of sp³-hybridized carbons (Fsp3) is 0.368. The molecule has 150 valence electrons. The van der Waals surface area contributed by atoms with Crippen molar-refractivity contribution in [1.82, 2.24) is 4.90 Å². The molecule has 0 spiro atoms. The number of nitro benzene ring substituents is 1. The normalized spacial score (nSPS) is 15.4. The Morgan fingerprint density at radius 1 is 1.07 bits per heavy atom. The zero-order chi connectivity index (χ0) is 20.3. The van der Waals surface area contributed by atoms with E-state index in [0.717, 1.165) is 50.7 Å². The van der Waals surface area contributed by atoms with E-state index < -0.39 is 14.8 Å². The first-order valence-corrected chi connectivity index (χ1v) is 11.0. The summed E-state index contributed by atoms with van der Waals surface area (Å²) in [5.41, 5.74) is 1.79. The molecule has 2 aromatic rings. The molecule has 28 heavy (non-hydrogen) atoms. The highest BCUT2D eigenvalue weighted by Gasteiger charge is 2.19. The molecular formula is C19H24N4O4S. The van der Waals surface area contributed by atoms with Crippen LogP contribution in [0.4, 0.5) is 22.7 Å².